The van der Waals surface area contributed by atoms with Gasteiger partial charge in [0.25, 0.3) is 0 Å². The number of nitrogens with zero attached hydrogens (tertiary/aromatic N) is 2. The first-order valence-electron chi connectivity index (χ1n) is 3.43. The fourth-order valence-corrected chi connectivity index (χ4v) is 0.923. The molecule has 0 aromatic carbocycles. The summed E-state index contributed by atoms with van der Waals surface area (Å²) in [5.74, 6) is 0. The van der Waals surface area contributed by atoms with Gasteiger partial charge in [-0.25, -0.2) is 0 Å². The molecule has 0 N–H and O–H groups in total. The van der Waals surface area contributed by atoms with Crippen LogP contribution in [0.15, 0.2) is 12.5 Å². The van der Waals surface area contributed by atoms with Crippen molar-refractivity contribution < 1.29 is 4.74 Å². The molecule has 3 nitrogen and oxygen atoms in total. The van der Waals surface area contributed by atoms with E-state index in [0.29, 0.717) is 0 Å². The molecule has 1 rings (SSSR count). The van der Waals surface area contributed by atoms with Crippen LogP contribution < -0.4 is 0 Å². The Balaban J connectivity index is 2.85. The van der Waals surface area contributed by atoms with Crippen molar-refractivity contribution in [3.8, 4) is 0 Å². The highest BCUT2D eigenvalue weighted by molar-refractivity contribution is 5.49. The number of methoxy groups -OCH3 is 1. The van der Waals surface area contributed by atoms with Crippen molar-refractivity contribution in [2.75, 3.05) is 7.11 Å². The van der Waals surface area contributed by atoms with E-state index in [1.807, 2.05) is 26.2 Å². The molecule has 0 atom stereocenters. The third-order valence-electron chi connectivity index (χ3n) is 1.44. The Hall–Kier alpha value is -1.25. The summed E-state index contributed by atoms with van der Waals surface area (Å²) in [6, 6.07) is 0. The average Bonchev–Trinajstić information content (AvgIpc) is 2.26. The number of hydrogen-bond acceptors (Lipinski definition) is 2. The maximum atomic E-state index is 4.79. The average molecular weight is 152 g/mol. The van der Waals surface area contributed by atoms with E-state index in [1.165, 1.54) is 0 Å². The molecule has 0 amide bonds. The number of rotatable bonds is 2. The summed E-state index contributed by atoms with van der Waals surface area (Å²) in [6.45, 7) is 1.97. The van der Waals surface area contributed by atoms with Gasteiger partial charge in [-0.1, -0.05) is 0 Å². The van der Waals surface area contributed by atoms with E-state index in [1.54, 1.807) is 18.1 Å². The maximum absolute atomic E-state index is 4.79. The minimum Gasteiger partial charge on any atom is -0.504 e. The number of aryl methyl sites for hydroxylation is 2. The summed E-state index contributed by atoms with van der Waals surface area (Å²) in [5, 5.41) is 4.17. The van der Waals surface area contributed by atoms with Crippen molar-refractivity contribution in [2.24, 2.45) is 7.05 Å². The molecule has 1 aromatic rings. The fraction of sp³-hybridized carbons (Fsp3) is 0.375. The summed E-state index contributed by atoms with van der Waals surface area (Å²) in [5.41, 5.74) is 2.11. The molecule has 0 aliphatic rings. The highest BCUT2D eigenvalue weighted by atomic mass is 16.5. The van der Waals surface area contributed by atoms with Gasteiger partial charge in [0.2, 0.25) is 0 Å². The standard InChI is InChI=1S/C8H12N2O/c1-7-8(4-5-11-3)6-10(2)9-7/h4-6H,1-3H3/b5-4+. The van der Waals surface area contributed by atoms with Gasteiger partial charge < -0.3 is 4.74 Å². The van der Waals surface area contributed by atoms with Gasteiger partial charge in [-0.2, -0.15) is 5.10 Å². The smallest absolute Gasteiger partial charge is 0.0831 e. The quantitative estimate of drug-likeness (QED) is 0.598. The molecule has 60 valence electrons. The van der Waals surface area contributed by atoms with Crippen molar-refractivity contribution in [1.29, 1.82) is 0 Å². The molecule has 0 unspecified atom stereocenters. The van der Waals surface area contributed by atoms with E-state index in [9.17, 15) is 0 Å². The second kappa shape index (κ2) is 3.23. The molecule has 0 bridgehead atoms. The first-order valence-corrected chi connectivity index (χ1v) is 3.43. The van der Waals surface area contributed by atoms with Gasteiger partial charge in [-0.15, -0.1) is 0 Å². The minimum absolute atomic E-state index is 1.01. The predicted molar refractivity (Wildman–Crippen MR) is 44.0 cm³/mol. The highest BCUT2D eigenvalue weighted by Gasteiger charge is 1.96. The largest absolute Gasteiger partial charge is 0.504 e. The predicted octanol–water partition coefficient (Wildman–Crippen LogP) is 1.35. The van der Waals surface area contributed by atoms with Crippen LogP contribution in [-0.4, -0.2) is 16.9 Å². The normalized spacial score (nSPS) is 10.8. The Bertz CT molecular complexity index is 263. The number of aromatic nitrogens is 2. The van der Waals surface area contributed by atoms with Crippen LogP contribution in [0.5, 0.6) is 0 Å². The molecular formula is C8H12N2O. The molecule has 0 radical (unpaired) electrons. The van der Waals surface area contributed by atoms with Crippen molar-refractivity contribution in [3.63, 3.8) is 0 Å². The van der Waals surface area contributed by atoms with Crippen LogP contribution >= 0.6 is 0 Å². The number of hydrogen-bond donors (Lipinski definition) is 0. The molecule has 1 heterocycles. The van der Waals surface area contributed by atoms with E-state index >= 15 is 0 Å². The van der Waals surface area contributed by atoms with Crippen LogP contribution in [0.4, 0.5) is 0 Å². The molecule has 3 heteroatoms. The van der Waals surface area contributed by atoms with Crippen LogP contribution in [0.1, 0.15) is 11.3 Å². The van der Waals surface area contributed by atoms with Gasteiger partial charge in [0, 0.05) is 18.8 Å². The lowest BCUT2D eigenvalue weighted by Gasteiger charge is -1.86. The first-order chi connectivity index (χ1) is 5.24. The minimum atomic E-state index is 1.01. The van der Waals surface area contributed by atoms with E-state index < -0.39 is 0 Å². The highest BCUT2D eigenvalue weighted by Crippen LogP contribution is 2.06. The lowest BCUT2D eigenvalue weighted by molar-refractivity contribution is 0.341. The SMILES string of the molecule is CO/C=C/c1cn(C)nc1C. The third kappa shape index (κ3) is 1.83. The Labute approximate surface area is 66.3 Å². The van der Waals surface area contributed by atoms with Gasteiger partial charge in [0.15, 0.2) is 0 Å². The molecular weight excluding hydrogens is 140 g/mol. The van der Waals surface area contributed by atoms with Gasteiger partial charge in [-0.05, 0) is 13.0 Å². The Morgan fingerprint density at radius 2 is 2.36 bits per heavy atom. The van der Waals surface area contributed by atoms with E-state index in [-0.39, 0.29) is 0 Å². The Morgan fingerprint density at radius 1 is 1.64 bits per heavy atom. The molecule has 0 aliphatic carbocycles. The van der Waals surface area contributed by atoms with Crippen LogP contribution in [0.25, 0.3) is 6.08 Å². The summed E-state index contributed by atoms with van der Waals surface area (Å²) >= 11 is 0. The number of ether oxygens (including phenoxy) is 1. The molecule has 0 spiro atoms. The first kappa shape index (κ1) is 7.85. The second-order valence-corrected chi connectivity index (χ2v) is 2.38. The molecule has 0 saturated heterocycles. The van der Waals surface area contributed by atoms with E-state index in [4.69, 9.17) is 4.74 Å². The zero-order chi connectivity index (χ0) is 8.27. The summed E-state index contributed by atoms with van der Waals surface area (Å²) in [6.07, 6.45) is 5.48. The zero-order valence-electron chi connectivity index (χ0n) is 7.03. The van der Waals surface area contributed by atoms with Crippen LogP contribution in [-0.2, 0) is 11.8 Å². The van der Waals surface area contributed by atoms with E-state index in [0.717, 1.165) is 11.3 Å². The summed E-state index contributed by atoms with van der Waals surface area (Å²) < 4.78 is 6.57. The van der Waals surface area contributed by atoms with Crippen LogP contribution in [0, 0.1) is 6.92 Å². The van der Waals surface area contributed by atoms with Gasteiger partial charge in [0.05, 0.1) is 19.1 Å². The Morgan fingerprint density at radius 3 is 2.82 bits per heavy atom. The third-order valence-corrected chi connectivity index (χ3v) is 1.44. The van der Waals surface area contributed by atoms with E-state index in [2.05, 4.69) is 5.10 Å². The monoisotopic (exact) mass is 152 g/mol. The van der Waals surface area contributed by atoms with Crippen molar-refractivity contribution >= 4 is 6.08 Å². The molecule has 0 aliphatic heterocycles. The van der Waals surface area contributed by atoms with Gasteiger partial charge >= 0.3 is 0 Å². The summed E-state index contributed by atoms with van der Waals surface area (Å²) in [7, 11) is 3.53. The van der Waals surface area contributed by atoms with Gasteiger partial charge in [-0.3, -0.25) is 4.68 Å². The summed E-state index contributed by atoms with van der Waals surface area (Å²) in [4.78, 5) is 0. The fourth-order valence-electron chi connectivity index (χ4n) is 0.923. The topological polar surface area (TPSA) is 27.1 Å². The lowest BCUT2D eigenvalue weighted by Crippen LogP contribution is -1.86. The molecule has 0 fully saturated rings. The lowest BCUT2D eigenvalue weighted by atomic mass is 10.3. The molecule has 11 heavy (non-hydrogen) atoms. The molecule has 0 saturated carbocycles. The van der Waals surface area contributed by atoms with Crippen molar-refractivity contribution in [3.05, 3.63) is 23.7 Å². The van der Waals surface area contributed by atoms with Gasteiger partial charge in [0.1, 0.15) is 0 Å². The van der Waals surface area contributed by atoms with Crippen molar-refractivity contribution in [1.82, 2.24) is 9.78 Å². The van der Waals surface area contributed by atoms with Crippen LogP contribution in [0.2, 0.25) is 0 Å². The van der Waals surface area contributed by atoms with Crippen LogP contribution in [0.3, 0.4) is 0 Å². The van der Waals surface area contributed by atoms with Crippen molar-refractivity contribution in [2.45, 2.75) is 6.92 Å². The zero-order valence-corrected chi connectivity index (χ0v) is 7.03. The maximum Gasteiger partial charge on any atom is 0.0831 e. The molecule has 1 aromatic heterocycles. The Kier molecular flexibility index (Phi) is 2.31. The second-order valence-electron chi connectivity index (χ2n) is 2.38.